The van der Waals surface area contributed by atoms with Crippen molar-refractivity contribution in [3.8, 4) is 5.75 Å². The van der Waals surface area contributed by atoms with E-state index >= 15 is 0 Å². The van der Waals surface area contributed by atoms with Crippen LogP contribution in [0.3, 0.4) is 0 Å². The Morgan fingerprint density at radius 2 is 1.65 bits per heavy atom. The Labute approximate surface area is 225 Å². The standard InChI is InChI=1S/C30H31BrN2O4/c1-17-7-4-8-21(18(17)2)32-27(36)16-37-26-14-13-19(31)15-20(26)28-29-22(9-5-11-24(29)34)33(3)23-10-6-12-25(35)30(23)28/h4,7-8,13-15,28H,5-6,9-12,16H2,1-3H3,(H,32,36). The van der Waals surface area contributed by atoms with Crippen molar-refractivity contribution in [3.63, 3.8) is 0 Å². The zero-order valence-corrected chi connectivity index (χ0v) is 23.0. The van der Waals surface area contributed by atoms with Crippen LogP contribution in [0, 0.1) is 13.8 Å². The summed E-state index contributed by atoms with van der Waals surface area (Å²) >= 11 is 3.57. The monoisotopic (exact) mass is 562 g/mol. The summed E-state index contributed by atoms with van der Waals surface area (Å²) in [4.78, 5) is 41.6. The molecule has 1 aliphatic heterocycles. The van der Waals surface area contributed by atoms with Gasteiger partial charge in [-0.05, 0) is 74.9 Å². The highest BCUT2D eigenvalue weighted by Gasteiger charge is 2.43. The number of nitrogens with one attached hydrogen (secondary N) is 1. The molecule has 1 heterocycles. The van der Waals surface area contributed by atoms with Crippen LogP contribution >= 0.6 is 15.9 Å². The first kappa shape index (κ1) is 25.5. The van der Waals surface area contributed by atoms with Crippen molar-refractivity contribution in [3.05, 3.63) is 80.1 Å². The van der Waals surface area contributed by atoms with Gasteiger partial charge in [0.15, 0.2) is 18.2 Å². The molecule has 37 heavy (non-hydrogen) atoms. The Morgan fingerprint density at radius 3 is 2.30 bits per heavy atom. The number of anilines is 1. The fraction of sp³-hybridized carbons (Fsp3) is 0.367. The number of aryl methyl sites for hydroxylation is 1. The smallest absolute Gasteiger partial charge is 0.262 e. The van der Waals surface area contributed by atoms with Crippen LogP contribution in [0.5, 0.6) is 5.75 Å². The number of nitrogens with zero attached hydrogens (tertiary/aromatic N) is 1. The highest BCUT2D eigenvalue weighted by Crippen LogP contribution is 2.50. The second-order valence-corrected chi connectivity index (χ2v) is 10.9. The molecule has 0 atom stereocenters. The predicted octanol–water partition coefficient (Wildman–Crippen LogP) is 6.13. The topological polar surface area (TPSA) is 75.7 Å². The first-order valence-electron chi connectivity index (χ1n) is 12.8. The number of ketones is 2. The van der Waals surface area contributed by atoms with Gasteiger partial charge >= 0.3 is 0 Å². The van der Waals surface area contributed by atoms with Crippen LogP contribution in [-0.4, -0.2) is 36.0 Å². The van der Waals surface area contributed by atoms with E-state index in [2.05, 4.69) is 26.1 Å². The third-order valence-electron chi connectivity index (χ3n) is 7.76. The van der Waals surface area contributed by atoms with Crippen LogP contribution in [0.25, 0.3) is 0 Å². The van der Waals surface area contributed by atoms with Crippen molar-refractivity contribution < 1.29 is 19.1 Å². The van der Waals surface area contributed by atoms with E-state index in [-0.39, 0.29) is 24.1 Å². The number of benzene rings is 2. The summed E-state index contributed by atoms with van der Waals surface area (Å²) in [5.41, 5.74) is 7.02. The molecule has 7 heteroatoms. The lowest BCUT2D eigenvalue weighted by atomic mass is 9.71. The molecule has 0 saturated carbocycles. The van der Waals surface area contributed by atoms with E-state index < -0.39 is 5.92 Å². The molecule has 0 unspecified atom stereocenters. The molecule has 0 fully saturated rings. The fourth-order valence-electron chi connectivity index (χ4n) is 5.76. The zero-order chi connectivity index (χ0) is 26.3. The Hall–Kier alpha value is -3.19. The molecule has 0 radical (unpaired) electrons. The molecular weight excluding hydrogens is 532 g/mol. The minimum absolute atomic E-state index is 0.0848. The quantitative estimate of drug-likeness (QED) is 0.474. The van der Waals surface area contributed by atoms with E-state index in [9.17, 15) is 14.4 Å². The van der Waals surface area contributed by atoms with Gasteiger partial charge in [0.2, 0.25) is 0 Å². The lowest BCUT2D eigenvalue weighted by Gasteiger charge is -2.42. The molecular formula is C30H31BrN2O4. The SMILES string of the molecule is Cc1cccc(NC(=O)COc2ccc(Br)cc2C2C3=C(CCCC3=O)N(C)C3=C2C(=O)CCC3)c1C. The van der Waals surface area contributed by atoms with Gasteiger partial charge in [-0.15, -0.1) is 0 Å². The first-order valence-corrected chi connectivity index (χ1v) is 13.6. The summed E-state index contributed by atoms with van der Waals surface area (Å²) in [7, 11) is 1.98. The van der Waals surface area contributed by atoms with Gasteiger partial charge in [0.25, 0.3) is 5.91 Å². The van der Waals surface area contributed by atoms with Gasteiger partial charge in [-0.2, -0.15) is 0 Å². The number of hydrogen-bond acceptors (Lipinski definition) is 5. The van der Waals surface area contributed by atoms with E-state index in [0.29, 0.717) is 29.7 Å². The van der Waals surface area contributed by atoms with Crippen molar-refractivity contribution in [2.24, 2.45) is 0 Å². The Bertz CT molecular complexity index is 1330. The number of carbonyl (C=O) groups is 3. The van der Waals surface area contributed by atoms with E-state index in [1.165, 1.54) is 0 Å². The lowest BCUT2D eigenvalue weighted by Crippen LogP contribution is -2.37. The Kier molecular flexibility index (Phi) is 7.08. The van der Waals surface area contributed by atoms with Crippen molar-refractivity contribution in [2.45, 2.75) is 58.3 Å². The molecule has 0 bridgehead atoms. The average molecular weight is 563 g/mol. The van der Waals surface area contributed by atoms with Gasteiger partial charge in [-0.25, -0.2) is 0 Å². The molecule has 2 aliphatic carbocycles. The van der Waals surface area contributed by atoms with Crippen LogP contribution in [0.4, 0.5) is 5.69 Å². The number of ether oxygens (including phenoxy) is 1. The Morgan fingerprint density at radius 1 is 1.00 bits per heavy atom. The number of halogens is 1. The van der Waals surface area contributed by atoms with Crippen LogP contribution < -0.4 is 10.1 Å². The molecule has 2 aromatic carbocycles. The zero-order valence-electron chi connectivity index (χ0n) is 21.4. The molecule has 1 amide bonds. The molecule has 6 nitrogen and oxygen atoms in total. The highest BCUT2D eigenvalue weighted by atomic mass is 79.9. The van der Waals surface area contributed by atoms with Gasteiger partial charge in [-0.3, -0.25) is 14.4 Å². The summed E-state index contributed by atoms with van der Waals surface area (Å²) in [6, 6.07) is 11.4. The van der Waals surface area contributed by atoms with Crippen LogP contribution in [-0.2, 0) is 14.4 Å². The van der Waals surface area contributed by atoms with Crippen molar-refractivity contribution in [1.82, 2.24) is 4.90 Å². The van der Waals surface area contributed by atoms with Crippen LogP contribution in [0.2, 0.25) is 0 Å². The second kappa shape index (κ2) is 10.3. The summed E-state index contributed by atoms with van der Waals surface area (Å²) in [5, 5.41) is 2.94. The molecule has 3 aliphatic rings. The third-order valence-corrected chi connectivity index (χ3v) is 8.26. The first-order chi connectivity index (χ1) is 17.8. The van der Waals surface area contributed by atoms with E-state index in [4.69, 9.17) is 4.74 Å². The van der Waals surface area contributed by atoms with Gasteiger partial charge in [0, 0.05) is 64.1 Å². The highest BCUT2D eigenvalue weighted by molar-refractivity contribution is 9.10. The maximum absolute atomic E-state index is 13.3. The van der Waals surface area contributed by atoms with Crippen molar-refractivity contribution >= 4 is 39.1 Å². The Balaban J connectivity index is 1.51. The second-order valence-electron chi connectivity index (χ2n) is 10.0. The lowest BCUT2D eigenvalue weighted by molar-refractivity contribution is -0.119. The maximum atomic E-state index is 13.3. The minimum Gasteiger partial charge on any atom is -0.483 e. The van der Waals surface area contributed by atoms with E-state index in [0.717, 1.165) is 63.9 Å². The number of hydrogen-bond donors (Lipinski definition) is 1. The minimum atomic E-state index is -0.489. The number of allylic oxidation sites excluding steroid dienone is 4. The molecule has 1 N–H and O–H groups in total. The van der Waals surface area contributed by atoms with Crippen molar-refractivity contribution in [1.29, 1.82) is 0 Å². The number of Topliss-reactive ketones (excluding diaryl/α,β-unsaturated/α-hetero) is 2. The van der Waals surface area contributed by atoms with Crippen LogP contribution in [0.1, 0.15) is 61.1 Å². The third kappa shape index (κ3) is 4.77. The summed E-state index contributed by atoms with van der Waals surface area (Å²) in [6.45, 7) is 3.79. The van der Waals surface area contributed by atoms with Gasteiger partial charge in [0.05, 0.1) is 0 Å². The van der Waals surface area contributed by atoms with Crippen molar-refractivity contribution in [2.75, 3.05) is 19.0 Å². The number of amides is 1. The normalized spacial score (nSPS) is 18.1. The fourth-order valence-corrected chi connectivity index (χ4v) is 6.13. The molecule has 0 spiro atoms. The number of carbonyl (C=O) groups excluding carboxylic acids is 3. The molecule has 0 aromatic heterocycles. The predicted molar refractivity (Wildman–Crippen MR) is 146 cm³/mol. The summed E-state index contributed by atoms with van der Waals surface area (Å²) in [6.07, 6.45) is 4.19. The van der Waals surface area contributed by atoms with E-state index in [1.54, 1.807) is 0 Å². The average Bonchev–Trinajstić information content (AvgIpc) is 2.87. The van der Waals surface area contributed by atoms with Gasteiger partial charge < -0.3 is 15.0 Å². The molecule has 0 saturated heterocycles. The maximum Gasteiger partial charge on any atom is 0.262 e. The molecule has 2 aromatic rings. The van der Waals surface area contributed by atoms with Gasteiger partial charge in [0.1, 0.15) is 5.75 Å². The van der Waals surface area contributed by atoms with Gasteiger partial charge in [-0.1, -0.05) is 28.1 Å². The molecule has 192 valence electrons. The van der Waals surface area contributed by atoms with Crippen LogP contribution in [0.15, 0.2) is 63.4 Å². The molecule has 5 rings (SSSR count). The summed E-state index contributed by atoms with van der Waals surface area (Å²) < 4.78 is 6.92. The largest absolute Gasteiger partial charge is 0.483 e. The van der Waals surface area contributed by atoms with E-state index in [1.807, 2.05) is 57.3 Å². The summed E-state index contributed by atoms with van der Waals surface area (Å²) in [5.74, 6) is -0.0860. The number of rotatable bonds is 5.